The highest BCUT2D eigenvalue weighted by molar-refractivity contribution is 5.97. The second-order valence-corrected chi connectivity index (χ2v) is 4.54. The van der Waals surface area contributed by atoms with Gasteiger partial charge in [-0.25, -0.2) is 4.39 Å². The molecule has 1 amide bonds. The lowest BCUT2D eigenvalue weighted by atomic mass is 10.00. The predicted octanol–water partition coefficient (Wildman–Crippen LogP) is 1.51. The van der Waals surface area contributed by atoms with E-state index in [9.17, 15) is 19.1 Å². The van der Waals surface area contributed by atoms with E-state index >= 15 is 0 Å². The standard InChI is InChI=1S/C12H14FNO4/c1-12(2,6-9(16)17)14-11(18)10-7(13)4-3-5-8(10)15/h3-5,15H,6H2,1-2H3,(H,14,18)(H,16,17). The highest BCUT2D eigenvalue weighted by Crippen LogP contribution is 2.21. The van der Waals surface area contributed by atoms with Crippen LogP contribution in [0.3, 0.4) is 0 Å². The molecule has 0 unspecified atom stereocenters. The second-order valence-electron chi connectivity index (χ2n) is 4.54. The molecule has 0 aliphatic heterocycles. The molecular formula is C12H14FNO4. The van der Waals surface area contributed by atoms with Gasteiger partial charge in [-0.1, -0.05) is 6.07 Å². The number of rotatable bonds is 4. The summed E-state index contributed by atoms with van der Waals surface area (Å²) in [5.74, 6) is -3.29. The smallest absolute Gasteiger partial charge is 0.305 e. The summed E-state index contributed by atoms with van der Waals surface area (Å²) in [6.45, 7) is 2.99. The number of aliphatic carboxylic acids is 1. The van der Waals surface area contributed by atoms with Gasteiger partial charge in [-0.2, -0.15) is 0 Å². The minimum atomic E-state index is -1.09. The average molecular weight is 255 g/mol. The monoisotopic (exact) mass is 255 g/mol. The first-order valence-electron chi connectivity index (χ1n) is 5.25. The third-order valence-electron chi connectivity index (χ3n) is 2.26. The number of phenolic OH excluding ortho intramolecular Hbond substituents is 1. The fourth-order valence-electron chi connectivity index (χ4n) is 1.53. The number of hydrogen-bond acceptors (Lipinski definition) is 3. The van der Waals surface area contributed by atoms with Crippen molar-refractivity contribution in [2.75, 3.05) is 0 Å². The number of carboxylic acid groups (broad SMARTS) is 1. The Labute approximate surface area is 103 Å². The number of phenols is 1. The topological polar surface area (TPSA) is 86.6 Å². The van der Waals surface area contributed by atoms with Crippen LogP contribution in [0.1, 0.15) is 30.6 Å². The van der Waals surface area contributed by atoms with Gasteiger partial charge in [0.25, 0.3) is 5.91 Å². The maximum Gasteiger partial charge on any atom is 0.305 e. The predicted molar refractivity (Wildman–Crippen MR) is 61.9 cm³/mol. The summed E-state index contributed by atoms with van der Waals surface area (Å²) in [5.41, 5.74) is -1.53. The van der Waals surface area contributed by atoms with Gasteiger partial charge in [-0.05, 0) is 26.0 Å². The molecule has 0 aromatic heterocycles. The van der Waals surface area contributed by atoms with E-state index < -0.39 is 34.5 Å². The molecular weight excluding hydrogens is 241 g/mol. The number of halogens is 1. The molecule has 0 fully saturated rings. The Hall–Kier alpha value is -2.11. The number of benzene rings is 1. The molecule has 1 aromatic carbocycles. The highest BCUT2D eigenvalue weighted by Gasteiger charge is 2.26. The lowest BCUT2D eigenvalue weighted by Crippen LogP contribution is -2.45. The van der Waals surface area contributed by atoms with Crippen LogP contribution in [0.5, 0.6) is 5.75 Å². The van der Waals surface area contributed by atoms with Crippen molar-refractivity contribution >= 4 is 11.9 Å². The zero-order valence-electron chi connectivity index (χ0n) is 10.0. The maximum absolute atomic E-state index is 13.4. The molecule has 3 N–H and O–H groups in total. The molecule has 0 heterocycles. The van der Waals surface area contributed by atoms with Gasteiger partial charge in [0.2, 0.25) is 0 Å². The number of carbonyl (C=O) groups is 2. The molecule has 1 aromatic rings. The Morgan fingerprint density at radius 3 is 2.50 bits per heavy atom. The molecule has 0 saturated carbocycles. The Morgan fingerprint density at radius 1 is 1.39 bits per heavy atom. The van der Waals surface area contributed by atoms with Gasteiger partial charge in [-0.3, -0.25) is 9.59 Å². The van der Waals surface area contributed by atoms with Crippen LogP contribution in [0, 0.1) is 5.82 Å². The molecule has 0 spiro atoms. The van der Waals surface area contributed by atoms with Crippen molar-refractivity contribution in [1.29, 1.82) is 0 Å². The molecule has 6 heteroatoms. The highest BCUT2D eigenvalue weighted by atomic mass is 19.1. The first-order chi connectivity index (χ1) is 8.23. The van der Waals surface area contributed by atoms with Crippen molar-refractivity contribution in [3.63, 3.8) is 0 Å². The van der Waals surface area contributed by atoms with Crippen molar-refractivity contribution in [3.05, 3.63) is 29.6 Å². The third-order valence-corrected chi connectivity index (χ3v) is 2.26. The summed E-state index contributed by atoms with van der Waals surface area (Å²) < 4.78 is 13.4. The number of carbonyl (C=O) groups excluding carboxylic acids is 1. The lowest BCUT2D eigenvalue weighted by molar-refractivity contribution is -0.138. The van der Waals surface area contributed by atoms with Crippen molar-refractivity contribution in [3.8, 4) is 5.75 Å². The van der Waals surface area contributed by atoms with Gasteiger partial charge in [0.05, 0.1) is 6.42 Å². The molecule has 98 valence electrons. The Kier molecular flexibility index (Phi) is 3.90. The zero-order chi connectivity index (χ0) is 13.9. The van der Waals surface area contributed by atoms with E-state index in [0.717, 1.165) is 6.07 Å². The first-order valence-corrected chi connectivity index (χ1v) is 5.25. The van der Waals surface area contributed by atoms with Gasteiger partial charge < -0.3 is 15.5 Å². The summed E-state index contributed by atoms with van der Waals surface area (Å²) in [6.07, 6.45) is -0.312. The number of hydrogen-bond donors (Lipinski definition) is 3. The summed E-state index contributed by atoms with van der Waals surface area (Å²) in [6, 6.07) is 3.49. The van der Waals surface area contributed by atoms with Gasteiger partial charge in [0.15, 0.2) is 0 Å². The maximum atomic E-state index is 13.4. The summed E-state index contributed by atoms with van der Waals surface area (Å²) >= 11 is 0. The van der Waals surface area contributed by atoms with Crippen LogP contribution < -0.4 is 5.32 Å². The van der Waals surface area contributed by atoms with E-state index in [-0.39, 0.29) is 6.42 Å². The van der Waals surface area contributed by atoms with Gasteiger partial charge in [0.1, 0.15) is 17.1 Å². The van der Waals surface area contributed by atoms with Crippen LogP contribution in [-0.4, -0.2) is 27.6 Å². The largest absolute Gasteiger partial charge is 0.507 e. The third kappa shape index (κ3) is 3.44. The summed E-state index contributed by atoms with van der Waals surface area (Å²) in [4.78, 5) is 22.4. The lowest BCUT2D eigenvalue weighted by Gasteiger charge is -2.24. The zero-order valence-corrected chi connectivity index (χ0v) is 10.0. The van der Waals surface area contributed by atoms with E-state index in [0.29, 0.717) is 0 Å². The van der Waals surface area contributed by atoms with Crippen LogP contribution >= 0.6 is 0 Å². The van der Waals surface area contributed by atoms with E-state index in [1.54, 1.807) is 0 Å². The van der Waals surface area contributed by atoms with Crippen LogP contribution in [0.15, 0.2) is 18.2 Å². The first kappa shape index (κ1) is 14.0. The van der Waals surface area contributed by atoms with Crippen LogP contribution in [-0.2, 0) is 4.79 Å². The average Bonchev–Trinajstić information content (AvgIpc) is 2.13. The number of amides is 1. The van der Waals surface area contributed by atoms with Crippen LogP contribution in [0.4, 0.5) is 4.39 Å². The number of aromatic hydroxyl groups is 1. The molecule has 18 heavy (non-hydrogen) atoms. The number of carboxylic acids is 1. The fraction of sp³-hybridized carbons (Fsp3) is 0.333. The normalized spacial score (nSPS) is 11.1. The van der Waals surface area contributed by atoms with E-state index in [1.165, 1.54) is 26.0 Å². The quantitative estimate of drug-likeness (QED) is 0.761. The summed E-state index contributed by atoms with van der Waals surface area (Å²) in [5, 5.41) is 20.5. The van der Waals surface area contributed by atoms with Gasteiger partial charge in [-0.15, -0.1) is 0 Å². The Balaban J connectivity index is 2.92. The Bertz CT molecular complexity index is 465. The van der Waals surface area contributed by atoms with Crippen LogP contribution in [0.2, 0.25) is 0 Å². The SMILES string of the molecule is CC(C)(CC(=O)O)NC(=O)c1c(O)cccc1F. The van der Waals surface area contributed by atoms with Gasteiger partial charge in [0, 0.05) is 5.54 Å². The Morgan fingerprint density at radius 2 is 2.00 bits per heavy atom. The van der Waals surface area contributed by atoms with Crippen molar-refractivity contribution in [1.82, 2.24) is 5.32 Å². The summed E-state index contributed by atoms with van der Waals surface area (Å²) in [7, 11) is 0. The molecule has 5 nitrogen and oxygen atoms in total. The number of nitrogens with one attached hydrogen (secondary N) is 1. The van der Waals surface area contributed by atoms with Crippen molar-refractivity contribution in [2.45, 2.75) is 25.8 Å². The van der Waals surface area contributed by atoms with Crippen molar-refractivity contribution < 1.29 is 24.2 Å². The van der Waals surface area contributed by atoms with Crippen molar-refractivity contribution in [2.24, 2.45) is 0 Å². The minimum absolute atomic E-state index is 0.312. The molecule has 1 rings (SSSR count). The van der Waals surface area contributed by atoms with E-state index in [2.05, 4.69) is 5.32 Å². The van der Waals surface area contributed by atoms with E-state index in [1.807, 2.05) is 0 Å². The molecule has 0 radical (unpaired) electrons. The van der Waals surface area contributed by atoms with Crippen LogP contribution in [0.25, 0.3) is 0 Å². The second kappa shape index (κ2) is 5.03. The molecule has 0 atom stereocenters. The molecule has 0 saturated heterocycles. The molecule has 0 bridgehead atoms. The fourth-order valence-corrected chi connectivity index (χ4v) is 1.53. The minimum Gasteiger partial charge on any atom is -0.507 e. The molecule has 0 aliphatic rings. The molecule has 0 aliphatic carbocycles. The van der Waals surface area contributed by atoms with E-state index in [4.69, 9.17) is 5.11 Å². The van der Waals surface area contributed by atoms with Gasteiger partial charge >= 0.3 is 5.97 Å².